The quantitative estimate of drug-likeness (QED) is 0.345. The molecule has 1 heterocycles. The molecule has 4 heteroatoms. The van der Waals surface area contributed by atoms with Crippen molar-refractivity contribution in [2.24, 2.45) is 5.92 Å². The number of carbonyl (C=O) groups is 1. The first kappa shape index (κ1) is 21.5. The largest absolute Gasteiger partial charge is 0.489 e. The summed E-state index contributed by atoms with van der Waals surface area (Å²) in [6.45, 7) is 2.60. The number of benzene rings is 4. The van der Waals surface area contributed by atoms with Gasteiger partial charge in [-0.15, -0.1) is 0 Å². The van der Waals surface area contributed by atoms with E-state index in [2.05, 4.69) is 79.0 Å². The van der Waals surface area contributed by atoms with Crippen LogP contribution in [0.2, 0.25) is 0 Å². The molecule has 174 valence electrons. The number of carboxylic acids is 1. The molecule has 6 rings (SSSR count). The van der Waals surface area contributed by atoms with Crippen LogP contribution in [0.25, 0.3) is 0 Å². The number of aryl methyl sites for hydroxylation is 1. The van der Waals surface area contributed by atoms with Crippen LogP contribution >= 0.6 is 0 Å². The third-order valence-electron chi connectivity index (χ3n) is 7.43. The summed E-state index contributed by atoms with van der Waals surface area (Å²) in [5.74, 6) is 0.396. The van der Waals surface area contributed by atoms with Gasteiger partial charge in [0.1, 0.15) is 12.4 Å². The van der Waals surface area contributed by atoms with E-state index in [0.717, 1.165) is 34.5 Å². The van der Waals surface area contributed by atoms with Crippen LogP contribution in [0.1, 0.15) is 55.7 Å². The first-order valence-corrected chi connectivity index (χ1v) is 12.1. The number of anilines is 1. The molecule has 0 saturated carbocycles. The van der Waals surface area contributed by atoms with Crippen molar-refractivity contribution in [1.82, 2.24) is 0 Å². The van der Waals surface area contributed by atoms with Gasteiger partial charge in [-0.2, -0.15) is 0 Å². The smallest absolute Gasteiger partial charge is 0.337 e. The Hall–Kier alpha value is -4.05. The zero-order chi connectivity index (χ0) is 23.9. The minimum Gasteiger partial charge on any atom is -0.489 e. The lowest BCUT2D eigenvalue weighted by Gasteiger charge is -2.38. The Bertz CT molecular complexity index is 1390. The number of hydrogen-bond donors (Lipinski definition) is 2. The minimum atomic E-state index is -0.905. The summed E-state index contributed by atoms with van der Waals surface area (Å²) in [5, 5.41) is 13.5. The maximum absolute atomic E-state index is 12.0. The van der Waals surface area contributed by atoms with Gasteiger partial charge < -0.3 is 15.2 Å². The van der Waals surface area contributed by atoms with Gasteiger partial charge in [-0.1, -0.05) is 78.4 Å². The van der Waals surface area contributed by atoms with Crippen LogP contribution in [0, 0.1) is 12.8 Å². The molecule has 35 heavy (non-hydrogen) atoms. The molecule has 1 aliphatic carbocycles. The van der Waals surface area contributed by atoms with Gasteiger partial charge in [0, 0.05) is 5.92 Å². The summed E-state index contributed by atoms with van der Waals surface area (Å²) < 4.78 is 6.02. The number of hydrogen-bond acceptors (Lipinski definition) is 3. The Morgan fingerprint density at radius 1 is 0.914 bits per heavy atom. The Balaban J connectivity index is 1.32. The van der Waals surface area contributed by atoms with Crippen molar-refractivity contribution in [2.45, 2.75) is 31.9 Å². The van der Waals surface area contributed by atoms with Gasteiger partial charge in [-0.3, -0.25) is 0 Å². The summed E-state index contributed by atoms with van der Waals surface area (Å²) in [6.07, 6.45) is 0.959. The van der Waals surface area contributed by atoms with Crippen molar-refractivity contribution in [3.05, 3.63) is 130 Å². The van der Waals surface area contributed by atoms with Gasteiger partial charge >= 0.3 is 5.97 Å². The van der Waals surface area contributed by atoms with E-state index < -0.39 is 5.97 Å². The normalized spacial score (nSPS) is 19.7. The third-order valence-corrected chi connectivity index (χ3v) is 7.43. The summed E-state index contributed by atoms with van der Waals surface area (Å²) in [4.78, 5) is 12.0. The standard InChI is InChI=1S/C31H27NO3/c1-19-9-11-20(12-10-19)18-35-23-15-13-21(14-16-23)29-27-17-22-5-2-3-6-24(22)28(27)25-7-4-8-26(31(33)34)30(25)32-29/h2-16,27-29,32H,17-18H2,1H3,(H,33,34)/t27-,28-,29+/m1/s1. The van der Waals surface area contributed by atoms with Gasteiger partial charge in [-0.05, 0) is 65.3 Å². The van der Waals surface area contributed by atoms with Crippen LogP contribution in [0.15, 0.2) is 91.0 Å². The van der Waals surface area contributed by atoms with E-state index in [1.165, 1.54) is 16.7 Å². The lowest BCUT2D eigenvalue weighted by atomic mass is 9.75. The van der Waals surface area contributed by atoms with E-state index in [0.29, 0.717) is 18.1 Å². The molecule has 4 aromatic carbocycles. The molecule has 0 spiro atoms. The molecule has 0 saturated heterocycles. The second kappa shape index (κ2) is 8.62. The Kier molecular flexibility index (Phi) is 5.29. The molecule has 1 aliphatic heterocycles. The number of ether oxygens (including phenoxy) is 1. The highest BCUT2D eigenvalue weighted by atomic mass is 16.5. The second-order valence-corrected chi connectivity index (χ2v) is 9.58. The van der Waals surface area contributed by atoms with E-state index in [4.69, 9.17) is 4.74 Å². The molecule has 0 aromatic heterocycles. The van der Waals surface area contributed by atoms with E-state index in [1.54, 1.807) is 6.07 Å². The number of aromatic carboxylic acids is 1. The summed E-state index contributed by atoms with van der Waals surface area (Å²) >= 11 is 0. The Morgan fingerprint density at radius 3 is 2.43 bits per heavy atom. The number of para-hydroxylation sites is 1. The molecule has 0 amide bonds. The van der Waals surface area contributed by atoms with E-state index in [1.807, 2.05) is 18.2 Å². The fraction of sp³-hybridized carbons (Fsp3) is 0.194. The van der Waals surface area contributed by atoms with E-state index in [9.17, 15) is 9.90 Å². The first-order valence-electron chi connectivity index (χ1n) is 12.1. The average Bonchev–Trinajstić information content (AvgIpc) is 3.28. The van der Waals surface area contributed by atoms with Gasteiger partial charge in [0.05, 0.1) is 17.3 Å². The van der Waals surface area contributed by atoms with Gasteiger partial charge in [0.15, 0.2) is 0 Å². The van der Waals surface area contributed by atoms with Crippen molar-refractivity contribution in [2.75, 3.05) is 5.32 Å². The summed E-state index contributed by atoms with van der Waals surface area (Å²) in [7, 11) is 0. The lowest BCUT2D eigenvalue weighted by Crippen LogP contribution is -2.31. The Morgan fingerprint density at radius 2 is 1.66 bits per heavy atom. The molecule has 0 bridgehead atoms. The van der Waals surface area contributed by atoms with Gasteiger partial charge in [0.2, 0.25) is 0 Å². The van der Waals surface area contributed by atoms with Gasteiger partial charge in [-0.25, -0.2) is 4.79 Å². The molecule has 0 unspecified atom stereocenters. The van der Waals surface area contributed by atoms with Crippen molar-refractivity contribution in [1.29, 1.82) is 0 Å². The zero-order valence-electron chi connectivity index (χ0n) is 19.6. The SMILES string of the molecule is Cc1ccc(COc2ccc([C@@H]3Nc4c(C(=O)O)cccc4[C@H]4c5ccccc5C[C@H]43)cc2)cc1. The molecule has 3 atom stereocenters. The fourth-order valence-electron chi connectivity index (χ4n) is 5.72. The van der Waals surface area contributed by atoms with Crippen LogP contribution in [0.5, 0.6) is 5.75 Å². The van der Waals surface area contributed by atoms with Gasteiger partial charge in [0.25, 0.3) is 0 Å². The maximum atomic E-state index is 12.0. The van der Waals surface area contributed by atoms with Crippen molar-refractivity contribution >= 4 is 11.7 Å². The zero-order valence-corrected chi connectivity index (χ0v) is 19.6. The third kappa shape index (κ3) is 3.85. The molecular weight excluding hydrogens is 434 g/mol. The molecule has 2 aliphatic rings. The number of rotatable bonds is 5. The lowest BCUT2D eigenvalue weighted by molar-refractivity contribution is 0.0697. The summed E-state index contributed by atoms with van der Waals surface area (Å²) in [6, 6.07) is 30.8. The maximum Gasteiger partial charge on any atom is 0.337 e. The van der Waals surface area contributed by atoms with Crippen molar-refractivity contribution < 1.29 is 14.6 Å². The topological polar surface area (TPSA) is 58.6 Å². The number of carboxylic acid groups (broad SMARTS) is 1. The molecule has 4 nitrogen and oxygen atoms in total. The molecule has 0 radical (unpaired) electrons. The van der Waals surface area contributed by atoms with Crippen molar-refractivity contribution in [3.63, 3.8) is 0 Å². The molecule has 2 N–H and O–H groups in total. The number of fused-ring (bicyclic) bond motifs is 5. The number of nitrogens with one attached hydrogen (secondary N) is 1. The fourth-order valence-corrected chi connectivity index (χ4v) is 5.72. The van der Waals surface area contributed by atoms with Crippen LogP contribution in [-0.2, 0) is 13.0 Å². The predicted octanol–water partition coefficient (Wildman–Crippen LogP) is 6.74. The van der Waals surface area contributed by atoms with Crippen LogP contribution in [0.3, 0.4) is 0 Å². The highest BCUT2D eigenvalue weighted by molar-refractivity contribution is 5.96. The predicted molar refractivity (Wildman–Crippen MR) is 137 cm³/mol. The van der Waals surface area contributed by atoms with Crippen LogP contribution in [-0.4, -0.2) is 11.1 Å². The highest BCUT2D eigenvalue weighted by Crippen LogP contribution is 2.54. The Labute approximate surface area is 205 Å². The average molecular weight is 462 g/mol. The highest BCUT2D eigenvalue weighted by Gasteiger charge is 2.44. The van der Waals surface area contributed by atoms with E-state index >= 15 is 0 Å². The summed E-state index contributed by atoms with van der Waals surface area (Å²) in [5.41, 5.74) is 8.31. The molecule has 4 aromatic rings. The van der Waals surface area contributed by atoms with E-state index in [-0.39, 0.29) is 12.0 Å². The second-order valence-electron chi connectivity index (χ2n) is 9.58. The van der Waals surface area contributed by atoms with Crippen LogP contribution < -0.4 is 10.1 Å². The molecular formula is C31H27NO3. The molecule has 0 fully saturated rings. The first-order chi connectivity index (χ1) is 17.1. The monoisotopic (exact) mass is 461 g/mol. The van der Waals surface area contributed by atoms with Crippen LogP contribution in [0.4, 0.5) is 5.69 Å². The minimum absolute atomic E-state index is 0.00606. The van der Waals surface area contributed by atoms with Crippen molar-refractivity contribution in [3.8, 4) is 5.75 Å².